The number of rotatable bonds is 4. The van der Waals surface area contributed by atoms with Gasteiger partial charge >= 0.3 is 0 Å². The molecule has 0 bridgehead atoms. The molecule has 3 unspecified atom stereocenters. The average molecular weight is 261 g/mol. The summed E-state index contributed by atoms with van der Waals surface area (Å²) in [5.74, 6) is 2.79. The second-order valence-corrected chi connectivity index (χ2v) is 6.34. The van der Waals surface area contributed by atoms with Gasteiger partial charge in [-0.25, -0.2) is 0 Å². The molecule has 0 aromatic rings. The highest BCUT2D eigenvalue weighted by Crippen LogP contribution is 2.40. The van der Waals surface area contributed by atoms with Crippen LogP contribution in [-0.2, 0) is 0 Å². The third kappa shape index (κ3) is 3.25. The van der Waals surface area contributed by atoms with E-state index in [1.807, 2.05) is 0 Å². The van der Waals surface area contributed by atoms with E-state index in [2.05, 4.69) is 36.7 Å². The predicted molar refractivity (Wildman–Crippen MR) is 67.9 cm³/mol. The largest absolute Gasteiger partial charge is 0.0888 e. The fourth-order valence-electron chi connectivity index (χ4n) is 2.95. The van der Waals surface area contributed by atoms with Crippen molar-refractivity contribution in [2.45, 2.75) is 64.1 Å². The van der Waals surface area contributed by atoms with Crippen LogP contribution in [0.2, 0.25) is 0 Å². The Balaban J connectivity index is 2.53. The molecule has 0 aliphatic heterocycles. The summed E-state index contributed by atoms with van der Waals surface area (Å²) in [7, 11) is 0. The molecular weight excluding hydrogens is 236 g/mol. The summed E-state index contributed by atoms with van der Waals surface area (Å²) in [5, 5.41) is 0. The average Bonchev–Trinajstić information content (AvgIpc) is 2.18. The molecule has 0 aromatic carbocycles. The number of hydrogen-bond acceptors (Lipinski definition) is 0. The van der Waals surface area contributed by atoms with Crippen molar-refractivity contribution in [3.63, 3.8) is 0 Å². The fraction of sp³-hybridized carbons (Fsp3) is 1.00. The second-order valence-electron chi connectivity index (χ2n) is 5.16. The first-order valence-corrected chi connectivity index (χ1v) is 7.22. The van der Waals surface area contributed by atoms with E-state index >= 15 is 0 Å². The van der Waals surface area contributed by atoms with Gasteiger partial charge in [-0.1, -0.05) is 56.0 Å². The Morgan fingerprint density at radius 1 is 1.14 bits per heavy atom. The van der Waals surface area contributed by atoms with Gasteiger partial charge in [0.1, 0.15) is 0 Å². The molecule has 1 saturated carbocycles. The Kier molecular flexibility index (Phi) is 5.51. The zero-order valence-corrected chi connectivity index (χ0v) is 11.5. The van der Waals surface area contributed by atoms with Crippen LogP contribution >= 0.6 is 15.9 Å². The van der Waals surface area contributed by atoms with E-state index in [1.165, 1.54) is 38.5 Å². The van der Waals surface area contributed by atoms with Crippen molar-refractivity contribution >= 4 is 15.9 Å². The number of alkyl halides is 1. The van der Waals surface area contributed by atoms with Crippen LogP contribution in [0.15, 0.2) is 0 Å². The van der Waals surface area contributed by atoms with Gasteiger partial charge in [-0.05, 0) is 37.0 Å². The first kappa shape index (κ1) is 12.5. The zero-order chi connectivity index (χ0) is 10.6. The Hall–Kier alpha value is 0.480. The minimum Gasteiger partial charge on any atom is -0.0888 e. The summed E-state index contributed by atoms with van der Waals surface area (Å²) in [4.78, 5) is 0.778. The van der Waals surface area contributed by atoms with Crippen LogP contribution in [-0.4, -0.2) is 4.83 Å². The van der Waals surface area contributed by atoms with E-state index in [-0.39, 0.29) is 0 Å². The normalized spacial score (nSPS) is 30.6. The van der Waals surface area contributed by atoms with Crippen molar-refractivity contribution in [2.24, 2.45) is 17.8 Å². The maximum atomic E-state index is 3.91. The summed E-state index contributed by atoms with van der Waals surface area (Å²) in [5.41, 5.74) is 0. The standard InChI is InChI=1S/C13H25Br/c1-4-7-13(14)12-9-6-5-8-11(12)10(2)3/h10-13H,4-9H2,1-3H3. The monoisotopic (exact) mass is 260 g/mol. The summed E-state index contributed by atoms with van der Waals surface area (Å²) in [6.45, 7) is 7.09. The molecule has 1 aliphatic rings. The predicted octanol–water partition coefficient (Wildman–Crippen LogP) is 5.01. The molecule has 0 nitrogen and oxygen atoms in total. The molecular formula is C13H25Br. The molecule has 1 rings (SSSR count). The molecule has 14 heavy (non-hydrogen) atoms. The molecule has 1 heteroatoms. The van der Waals surface area contributed by atoms with E-state index in [1.54, 1.807) is 0 Å². The Labute approximate surface area is 98.0 Å². The van der Waals surface area contributed by atoms with Gasteiger partial charge in [0.05, 0.1) is 0 Å². The topological polar surface area (TPSA) is 0 Å². The number of halogens is 1. The molecule has 0 spiro atoms. The third-order valence-electron chi connectivity index (χ3n) is 3.76. The van der Waals surface area contributed by atoms with Gasteiger partial charge in [0, 0.05) is 4.83 Å². The molecule has 0 heterocycles. The van der Waals surface area contributed by atoms with Gasteiger partial charge in [0.15, 0.2) is 0 Å². The first-order valence-electron chi connectivity index (χ1n) is 6.30. The highest BCUT2D eigenvalue weighted by atomic mass is 79.9. The van der Waals surface area contributed by atoms with Crippen LogP contribution in [0.1, 0.15) is 59.3 Å². The van der Waals surface area contributed by atoms with Crippen molar-refractivity contribution in [1.29, 1.82) is 0 Å². The Morgan fingerprint density at radius 2 is 1.71 bits per heavy atom. The minimum absolute atomic E-state index is 0.778. The molecule has 0 saturated heterocycles. The molecule has 84 valence electrons. The van der Waals surface area contributed by atoms with E-state index < -0.39 is 0 Å². The lowest BCUT2D eigenvalue weighted by atomic mass is 9.71. The van der Waals surface area contributed by atoms with Gasteiger partial charge in [-0.15, -0.1) is 0 Å². The summed E-state index contributed by atoms with van der Waals surface area (Å²) < 4.78 is 0. The van der Waals surface area contributed by atoms with E-state index in [0.29, 0.717) is 0 Å². The van der Waals surface area contributed by atoms with Gasteiger partial charge in [-0.2, -0.15) is 0 Å². The molecule has 0 radical (unpaired) electrons. The minimum atomic E-state index is 0.778. The van der Waals surface area contributed by atoms with Crippen LogP contribution in [0.3, 0.4) is 0 Å². The summed E-state index contributed by atoms with van der Waals surface area (Å²) in [6.07, 6.45) is 8.52. The van der Waals surface area contributed by atoms with Crippen molar-refractivity contribution in [1.82, 2.24) is 0 Å². The quantitative estimate of drug-likeness (QED) is 0.624. The van der Waals surface area contributed by atoms with Crippen LogP contribution < -0.4 is 0 Å². The van der Waals surface area contributed by atoms with E-state index in [9.17, 15) is 0 Å². The maximum Gasteiger partial charge on any atom is 0.0176 e. The zero-order valence-electron chi connectivity index (χ0n) is 9.93. The van der Waals surface area contributed by atoms with Gasteiger partial charge in [0.25, 0.3) is 0 Å². The van der Waals surface area contributed by atoms with Crippen molar-refractivity contribution in [3.05, 3.63) is 0 Å². The Bertz CT molecular complexity index is 153. The lowest BCUT2D eigenvalue weighted by Crippen LogP contribution is -2.30. The summed E-state index contributed by atoms with van der Waals surface area (Å²) >= 11 is 3.91. The summed E-state index contributed by atoms with van der Waals surface area (Å²) in [6, 6.07) is 0. The van der Waals surface area contributed by atoms with Crippen LogP contribution in [0.25, 0.3) is 0 Å². The van der Waals surface area contributed by atoms with Gasteiger partial charge in [-0.3, -0.25) is 0 Å². The van der Waals surface area contributed by atoms with Gasteiger partial charge < -0.3 is 0 Å². The fourth-order valence-corrected chi connectivity index (χ4v) is 4.07. The highest BCUT2D eigenvalue weighted by molar-refractivity contribution is 9.09. The second kappa shape index (κ2) is 6.15. The lowest BCUT2D eigenvalue weighted by molar-refractivity contribution is 0.175. The smallest absolute Gasteiger partial charge is 0.0176 e. The van der Waals surface area contributed by atoms with Crippen LogP contribution in [0, 0.1) is 17.8 Å². The van der Waals surface area contributed by atoms with Crippen LogP contribution in [0.4, 0.5) is 0 Å². The van der Waals surface area contributed by atoms with Crippen molar-refractivity contribution in [2.75, 3.05) is 0 Å². The molecule has 0 N–H and O–H groups in total. The maximum absolute atomic E-state index is 3.91. The Morgan fingerprint density at radius 3 is 2.21 bits per heavy atom. The van der Waals surface area contributed by atoms with E-state index in [4.69, 9.17) is 0 Å². The number of hydrogen-bond donors (Lipinski definition) is 0. The third-order valence-corrected chi connectivity index (χ3v) is 4.90. The molecule has 3 atom stereocenters. The highest BCUT2D eigenvalue weighted by Gasteiger charge is 2.31. The van der Waals surface area contributed by atoms with Crippen molar-refractivity contribution in [3.8, 4) is 0 Å². The first-order chi connectivity index (χ1) is 6.66. The molecule has 0 amide bonds. The van der Waals surface area contributed by atoms with E-state index in [0.717, 1.165) is 22.6 Å². The van der Waals surface area contributed by atoms with Gasteiger partial charge in [0.2, 0.25) is 0 Å². The molecule has 1 aliphatic carbocycles. The van der Waals surface area contributed by atoms with Crippen molar-refractivity contribution < 1.29 is 0 Å². The lowest BCUT2D eigenvalue weighted by Gasteiger charge is -2.37. The molecule has 1 fully saturated rings. The van der Waals surface area contributed by atoms with Crippen LogP contribution in [0.5, 0.6) is 0 Å². The SMILES string of the molecule is CCCC(Br)C1CCCCC1C(C)C. The molecule has 0 aromatic heterocycles.